The van der Waals surface area contributed by atoms with Gasteiger partial charge in [-0.3, -0.25) is 0 Å². The number of ether oxygens (including phenoxy) is 2. The van der Waals surface area contributed by atoms with Gasteiger partial charge in [-0.1, -0.05) is 64.2 Å². The average molecular weight is 377 g/mol. The van der Waals surface area contributed by atoms with Crippen molar-refractivity contribution >= 4 is 10.8 Å². The van der Waals surface area contributed by atoms with E-state index in [2.05, 4.69) is 25.7 Å². The van der Waals surface area contributed by atoms with E-state index in [1.165, 1.54) is 38.5 Å². The zero-order valence-electron chi connectivity index (χ0n) is 17.4. The van der Waals surface area contributed by atoms with Crippen LogP contribution in [-0.4, -0.2) is 13.2 Å². The maximum Gasteiger partial charge on any atom is 0.128 e. The normalized spacial score (nSPS) is 10.4. The van der Waals surface area contributed by atoms with Crippen molar-refractivity contribution in [3.63, 3.8) is 0 Å². The SMILES string of the molecule is C#Cc1ccc(OCCCCCC)c2c(C#C)ccc(OCCCCCC)c12. The molecule has 148 valence electrons. The molecule has 0 bridgehead atoms. The van der Waals surface area contributed by atoms with Crippen LogP contribution in [0.3, 0.4) is 0 Å². The first-order valence-corrected chi connectivity index (χ1v) is 10.5. The lowest BCUT2D eigenvalue weighted by molar-refractivity contribution is 0.305. The van der Waals surface area contributed by atoms with Gasteiger partial charge >= 0.3 is 0 Å². The van der Waals surface area contributed by atoms with Gasteiger partial charge in [-0.25, -0.2) is 0 Å². The van der Waals surface area contributed by atoms with E-state index in [1.54, 1.807) is 0 Å². The van der Waals surface area contributed by atoms with E-state index in [9.17, 15) is 0 Å². The topological polar surface area (TPSA) is 18.5 Å². The summed E-state index contributed by atoms with van der Waals surface area (Å²) in [7, 11) is 0. The Balaban J connectivity index is 2.31. The third-order valence-corrected chi connectivity index (χ3v) is 4.91. The zero-order chi connectivity index (χ0) is 20.2. The molecule has 0 amide bonds. The molecule has 2 aromatic carbocycles. The first kappa shape index (κ1) is 21.7. The van der Waals surface area contributed by atoms with Gasteiger partial charge in [0.05, 0.1) is 13.2 Å². The van der Waals surface area contributed by atoms with Gasteiger partial charge in [0.2, 0.25) is 0 Å². The fraction of sp³-hybridized carbons (Fsp3) is 0.462. The summed E-state index contributed by atoms with van der Waals surface area (Å²) in [6.45, 7) is 5.76. The minimum Gasteiger partial charge on any atom is -0.493 e. The predicted molar refractivity (Wildman–Crippen MR) is 119 cm³/mol. The molecule has 0 saturated carbocycles. The molecule has 0 heterocycles. The van der Waals surface area contributed by atoms with Crippen molar-refractivity contribution in [1.82, 2.24) is 0 Å². The van der Waals surface area contributed by atoms with Crippen LogP contribution < -0.4 is 9.47 Å². The smallest absolute Gasteiger partial charge is 0.128 e. The third-order valence-electron chi connectivity index (χ3n) is 4.91. The van der Waals surface area contributed by atoms with Gasteiger partial charge in [0, 0.05) is 21.9 Å². The molecule has 2 aromatic rings. The molecule has 0 spiro atoms. The first-order valence-electron chi connectivity index (χ1n) is 10.5. The standard InChI is InChI=1S/C26H32O2/c1-5-9-11-13-19-27-23-17-15-22(8-4)26-24(28-20-14-12-10-6-2)18-16-21(7-3)25(23)26/h3-4,15-18H,5-6,9-14,19-20H2,1-2H3. The van der Waals surface area contributed by atoms with Crippen LogP contribution in [0.4, 0.5) is 0 Å². The molecule has 0 aliphatic carbocycles. The van der Waals surface area contributed by atoms with E-state index < -0.39 is 0 Å². The molecule has 0 unspecified atom stereocenters. The van der Waals surface area contributed by atoms with Crippen molar-refractivity contribution in [3.8, 4) is 36.2 Å². The average Bonchev–Trinajstić information content (AvgIpc) is 2.73. The molecule has 0 N–H and O–H groups in total. The van der Waals surface area contributed by atoms with Crippen molar-refractivity contribution in [3.05, 3.63) is 35.4 Å². The van der Waals surface area contributed by atoms with Crippen molar-refractivity contribution < 1.29 is 9.47 Å². The molecule has 0 aliphatic rings. The number of hydrogen-bond acceptors (Lipinski definition) is 2. The number of benzene rings is 2. The Bertz CT molecular complexity index is 765. The molecule has 2 nitrogen and oxygen atoms in total. The summed E-state index contributed by atoms with van der Waals surface area (Å²) in [5.74, 6) is 7.13. The number of fused-ring (bicyclic) bond motifs is 1. The van der Waals surface area contributed by atoms with Crippen LogP contribution in [0.15, 0.2) is 24.3 Å². The van der Waals surface area contributed by atoms with Crippen molar-refractivity contribution in [1.29, 1.82) is 0 Å². The van der Waals surface area contributed by atoms with Crippen LogP contribution in [0.25, 0.3) is 10.8 Å². The quantitative estimate of drug-likeness (QED) is 0.302. The van der Waals surface area contributed by atoms with Crippen molar-refractivity contribution in [2.24, 2.45) is 0 Å². The second-order valence-electron chi connectivity index (χ2n) is 7.08. The summed E-state index contributed by atoms with van der Waals surface area (Å²) < 4.78 is 12.2. The monoisotopic (exact) mass is 376 g/mol. The van der Waals surface area contributed by atoms with Gasteiger partial charge in [0.1, 0.15) is 11.5 Å². The fourth-order valence-corrected chi connectivity index (χ4v) is 3.34. The van der Waals surface area contributed by atoms with Crippen molar-refractivity contribution in [2.75, 3.05) is 13.2 Å². The molecule has 2 heteroatoms. The minimum absolute atomic E-state index is 0.677. The van der Waals surface area contributed by atoms with Gasteiger partial charge in [-0.15, -0.1) is 12.8 Å². The highest BCUT2D eigenvalue weighted by Crippen LogP contribution is 2.37. The van der Waals surface area contributed by atoms with E-state index >= 15 is 0 Å². The van der Waals surface area contributed by atoms with Crippen LogP contribution in [0, 0.1) is 24.7 Å². The van der Waals surface area contributed by atoms with E-state index in [4.69, 9.17) is 22.3 Å². The van der Waals surface area contributed by atoms with Crippen LogP contribution in [0.2, 0.25) is 0 Å². The molecular weight excluding hydrogens is 344 g/mol. The van der Waals surface area contributed by atoms with Gasteiger partial charge in [-0.2, -0.15) is 0 Å². The summed E-state index contributed by atoms with van der Waals surface area (Å²) in [5.41, 5.74) is 1.57. The minimum atomic E-state index is 0.677. The molecule has 0 aliphatic heterocycles. The first-order chi connectivity index (χ1) is 13.8. The second-order valence-corrected chi connectivity index (χ2v) is 7.08. The maximum atomic E-state index is 6.10. The van der Waals surface area contributed by atoms with E-state index in [1.807, 2.05) is 24.3 Å². The second kappa shape index (κ2) is 12.0. The summed E-state index contributed by atoms with van der Waals surface area (Å²) in [5, 5.41) is 1.78. The summed E-state index contributed by atoms with van der Waals surface area (Å²) in [6.07, 6.45) is 20.8. The number of hydrogen-bond donors (Lipinski definition) is 0. The molecule has 28 heavy (non-hydrogen) atoms. The molecular formula is C26H32O2. The Morgan fingerprint density at radius 3 is 1.43 bits per heavy atom. The Kier molecular flexibility index (Phi) is 9.30. The highest BCUT2D eigenvalue weighted by molar-refractivity contribution is 6.01. The Hall–Kier alpha value is -2.58. The third kappa shape index (κ3) is 5.71. The fourth-order valence-electron chi connectivity index (χ4n) is 3.34. The maximum absolute atomic E-state index is 6.10. The lowest BCUT2D eigenvalue weighted by atomic mass is 9.98. The summed E-state index contributed by atoms with van der Waals surface area (Å²) in [6, 6.07) is 7.72. The van der Waals surface area contributed by atoms with Gasteiger partial charge in [0.15, 0.2) is 0 Å². The van der Waals surface area contributed by atoms with Crippen LogP contribution in [-0.2, 0) is 0 Å². The molecule has 0 atom stereocenters. The lowest BCUT2D eigenvalue weighted by Crippen LogP contribution is -2.02. The van der Waals surface area contributed by atoms with Gasteiger partial charge in [-0.05, 0) is 37.1 Å². The Morgan fingerprint density at radius 2 is 1.07 bits per heavy atom. The van der Waals surface area contributed by atoms with E-state index in [0.29, 0.717) is 13.2 Å². The van der Waals surface area contributed by atoms with Crippen LogP contribution >= 0.6 is 0 Å². The highest BCUT2D eigenvalue weighted by Gasteiger charge is 2.15. The van der Waals surface area contributed by atoms with Gasteiger partial charge in [0.25, 0.3) is 0 Å². The number of unbranched alkanes of at least 4 members (excludes halogenated alkanes) is 6. The zero-order valence-corrected chi connectivity index (χ0v) is 17.4. The summed E-state index contributed by atoms with van der Waals surface area (Å²) >= 11 is 0. The lowest BCUT2D eigenvalue weighted by Gasteiger charge is -2.16. The van der Waals surface area contributed by atoms with Gasteiger partial charge < -0.3 is 9.47 Å². The number of rotatable bonds is 12. The van der Waals surface area contributed by atoms with Crippen LogP contribution in [0.5, 0.6) is 11.5 Å². The molecule has 0 fully saturated rings. The number of terminal acetylenes is 2. The Labute approximate surface area is 170 Å². The van der Waals surface area contributed by atoms with E-state index in [-0.39, 0.29) is 0 Å². The molecule has 0 aromatic heterocycles. The molecule has 2 rings (SSSR count). The van der Waals surface area contributed by atoms with E-state index in [0.717, 1.165) is 46.2 Å². The molecule has 0 radical (unpaired) electrons. The predicted octanol–water partition coefficient (Wildman–Crippen LogP) is 6.72. The highest BCUT2D eigenvalue weighted by atomic mass is 16.5. The van der Waals surface area contributed by atoms with Crippen molar-refractivity contribution in [2.45, 2.75) is 65.2 Å². The molecule has 0 saturated heterocycles. The Morgan fingerprint density at radius 1 is 0.643 bits per heavy atom. The largest absolute Gasteiger partial charge is 0.493 e. The van der Waals surface area contributed by atoms with Crippen LogP contribution in [0.1, 0.15) is 76.3 Å². The summed E-state index contributed by atoms with van der Waals surface area (Å²) in [4.78, 5) is 0.